The van der Waals surface area contributed by atoms with Gasteiger partial charge in [-0.05, 0) is 31.5 Å². The van der Waals surface area contributed by atoms with Crippen LogP contribution < -0.4 is 5.32 Å². The Morgan fingerprint density at radius 1 is 1.39 bits per heavy atom. The molecule has 3 aromatic rings. The Bertz CT molecular complexity index is 949. The minimum absolute atomic E-state index is 0.0758. The molecule has 1 aliphatic heterocycles. The molecule has 3 aromatic heterocycles. The number of carbonyl (C=O) groups excluding carboxylic acids is 1. The van der Waals surface area contributed by atoms with E-state index in [4.69, 9.17) is 11.6 Å². The molecule has 1 unspecified atom stereocenters. The van der Waals surface area contributed by atoms with Crippen LogP contribution in [-0.4, -0.2) is 25.5 Å². The van der Waals surface area contributed by atoms with Crippen molar-refractivity contribution in [3.63, 3.8) is 0 Å². The molecule has 4 rings (SSSR count). The van der Waals surface area contributed by atoms with E-state index in [0.717, 1.165) is 28.2 Å². The Hall–Kier alpha value is -2.47. The van der Waals surface area contributed by atoms with Gasteiger partial charge in [0.1, 0.15) is 0 Å². The molecular weight excluding hydrogens is 314 g/mol. The number of hydrogen-bond donors (Lipinski definition) is 1. The standard InChI is InChI=1S/C16H14ClN5O/c1-8-5-9(2)22-16(19-8)14-11(6-13(23)20-15(14)21-22)10-3-4-18-7-12(10)17/h3-5,7,11H,6H2,1-2H3,(H,20,21,23). The summed E-state index contributed by atoms with van der Waals surface area (Å²) in [5, 5.41) is 7.90. The second kappa shape index (κ2) is 5.03. The summed E-state index contributed by atoms with van der Waals surface area (Å²) in [7, 11) is 0. The minimum atomic E-state index is -0.180. The van der Waals surface area contributed by atoms with E-state index in [1.165, 1.54) is 0 Å². The quantitative estimate of drug-likeness (QED) is 0.746. The number of amides is 1. The van der Waals surface area contributed by atoms with Crippen LogP contribution in [0.4, 0.5) is 5.82 Å². The first-order valence-electron chi connectivity index (χ1n) is 7.30. The zero-order valence-corrected chi connectivity index (χ0v) is 13.4. The highest BCUT2D eigenvalue weighted by Crippen LogP contribution is 2.41. The van der Waals surface area contributed by atoms with E-state index in [1.54, 1.807) is 16.9 Å². The van der Waals surface area contributed by atoms with Gasteiger partial charge in [0.2, 0.25) is 5.91 Å². The Morgan fingerprint density at radius 2 is 2.22 bits per heavy atom. The molecule has 7 heteroatoms. The molecule has 23 heavy (non-hydrogen) atoms. The summed E-state index contributed by atoms with van der Waals surface area (Å²) >= 11 is 6.31. The molecule has 6 nitrogen and oxygen atoms in total. The Balaban J connectivity index is 2.02. The molecule has 1 amide bonds. The Kier molecular flexibility index (Phi) is 3.09. The van der Waals surface area contributed by atoms with Gasteiger partial charge in [-0.25, -0.2) is 9.50 Å². The molecule has 1 atom stereocenters. The first kappa shape index (κ1) is 14.1. The van der Waals surface area contributed by atoms with Crippen LogP contribution in [0.3, 0.4) is 0 Å². The number of aryl methyl sites for hydroxylation is 2. The monoisotopic (exact) mass is 327 g/mol. The number of nitrogens with one attached hydrogen (secondary N) is 1. The molecule has 0 saturated heterocycles. The predicted molar refractivity (Wildman–Crippen MR) is 86.8 cm³/mol. The molecule has 1 N–H and O–H groups in total. The summed E-state index contributed by atoms with van der Waals surface area (Å²) in [4.78, 5) is 20.8. The normalized spacial score (nSPS) is 17.2. The lowest BCUT2D eigenvalue weighted by molar-refractivity contribution is -0.116. The number of aromatic nitrogens is 4. The molecule has 4 heterocycles. The van der Waals surface area contributed by atoms with Crippen molar-refractivity contribution in [1.29, 1.82) is 0 Å². The van der Waals surface area contributed by atoms with E-state index in [2.05, 4.69) is 20.4 Å². The van der Waals surface area contributed by atoms with Crippen LogP contribution in [0, 0.1) is 13.8 Å². The van der Waals surface area contributed by atoms with Crippen molar-refractivity contribution < 1.29 is 4.79 Å². The van der Waals surface area contributed by atoms with Gasteiger partial charge in [0, 0.05) is 41.7 Å². The van der Waals surface area contributed by atoms with Crippen LogP contribution >= 0.6 is 11.6 Å². The highest BCUT2D eigenvalue weighted by Gasteiger charge is 2.33. The van der Waals surface area contributed by atoms with Crippen molar-refractivity contribution >= 4 is 29.0 Å². The predicted octanol–water partition coefficient (Wildman–Crippen LogP) is 2.87. The number of carbonyl (C=O) groups is 1. The number of halogens is 1. The van der Waals surface area contributed by atoms with Gasteiger partial charge in [-0.15, -0.1) is 5.10 Å². The molecule has 0 aromatic carbocycles. The van der Waals surface area contributed by atoms with Gasteiger partial charge >= 0.3 is 0 Å². The lowest BCUT2D eigenvalue weighted by Gasteiger charge is -2.22. The molecule has 0 radical (unpaired) electrons. The van der Waals surface area contributed by atoms with Crippen molar-refractivity contribution in [3.05, 3.63) is 52.1 Å². The SMILES string of the molecule is Cc1cc(C)n2nc3c(c2n1)C(c1ccncc1Cl)CC(=O)N3. The molecule has 1 aliphatic rings. The van der Waals surface area contributed by atoms with Crippen molar-refractivity contribution in [3.8, 4) is 0 Å². The summed E-state index contributed by atoms with van der Waals surface area (Å²) in [6, 6.07) is 3.81. The molecular formula is C16H14ClN5O. The van der Waals surface area contributed by atoms with E-state index < -0.39 is 0 Å². The molecule has 0 aliphatic carbocycles. The fraction of sp³-hybridized carbons (Fsp3) is 0.250. The summed E-state index contributed by atoms with van der Waals surface area (Å²) in [6.45, 7) is 3.92. The van der Waals surface area contributed by atoms with Gasteiger partial charge in [-0.3, -0.25) is 9.78 Å². The fourth-order valence-corrected chi connectivity index (χ4v) is 3.41. The number of fused-ring (bicyclic) bond motifs is 3. The Labute approximate surface area is 137 Å². The number of nitrogens with zero attached hydrogens (tertiary/aromatic N) is 4. The number of pyridine rings is 1. The zero-order valence-electron chi connectivity index (χ0n) is 12.7. The Morgan fingerprint density at radius 3 is 3.00 bits per heavy atom. The lowest BCUT2D eigenvalue weighted by Crippen LogP contribution is -2.23. The maximum Gasteiger partial charge on any atom is 0.226 e. The maximum absolute atomic E-state index is 12.1. The summed E-state index contributed by atoms with van der Waals surface area (Å²) in [6.07, 6.45) is 3.59. The van der Waals surface area contributed by atoms with E-state index in [9.17, 15) is 4.79 Å². The van der Waals surface area contributed by atoms with Crippen LogP contribution in [-0.2, 0) is 4.79 Å². The number of anilines is 1. The van der Waals surface area contributed by atoms with E-state index >= 15 is 0 Å². The lowest BCUT2D eigenvalue weighted by atomic mass is 9.87. The number of rotatable bonds is 1. The second-order valence-corrected chi connectivity index (χ2v) is 6.15. The molecule has 0 bridgehead atoms. The van der Waals surface area contributed by atoms with Gasteiger partial charge < -0.3 is 5.32 Å². The first-order valence-corrected chi connectivity index (χ1v) is 7.68. The summed E-state index contributed by atoms with van der Waals surface area (Å²) in [5.41, 5.74) is 4.42. The van der Waals surface area contributed by atoms with Crippen LogP contribution in [0.2, 0.25) is 5.02 Å². The first-order chi connectivity index (χ1) is 11.0. The average molecular weight is 328 g/mol. The van der Waals surface area contributed by atoms with Crippen molar-refractivity contribution in [2.45, 2.75) is 26.2 Å². The van der Waals surface area contributed by atoms with Crippen LogP contribution in [0.25, 0.3) is 5.65 Å². The highest BCUT2D eigenvalue weighted by atomic mass is 35.5. The maximum atomic E-state index is 12.1. The van der Waals surface area contributed by atoms with Gasteiger partial charge in [-0.2, -0.15) is 0 Å². The average Bonchev–Trinajstić information content (AvgIpc) is 2.85. The smallest absolute Gasteiger partial charge is 0.226 e. The van der Waals surface area contributed by atoms with Crippen LogP contribution in [0.15, 0.2) is 24.5 Å². The molecule has 0 fully saturated rings. The zero-order chi connectivity index (χ0) is 16.1. The van der Waals surface area contributed by atoms with Gasteiger partial charge in [0.25, 0.3) is 0 Å². The van der Waals surface area contributed by atoms with Gasteiger partial charge in [0.05, 0.1) is 5.02 Å². The second-order valence-electron chi connectivity index (χ2n) is 5.74. The van der Waals surface area contributed by atoms with Gasteiger partial charge in [-0.1, -0.05) is 11.6 Å². The van der Waals surface area contributed by atoms with Crippen molar-refractivity contribution in [1.82, 2.24) is 19.6 Å². The summed E-state index contributed by atoms with van der Waals surface area (Å²) < 4.78 is 1.77. The van der Waals surface area contributed by atoms with Crippen molar-refractivity contribution in [2.75, 3.05) is 5.32 Å². The third-order valence-corrected chi connectivity index (χ3v) is 4.42. The van der Waals surface area contributed by atoms with Crippen LogP contribution in [0.1, 0.15) is 34.9 Å². The fourth-order valence-electron chi connectivity index (χ4n) is 3.16. The number of hydrogen-bond acceptors (Lipinski definition) is 4. The third-order valence-electron chi connectivity index (χ3n) is 4.11. The van der Waals surface area contributed by atoms with Crippen molar-refractivity contribution in [2.24, 2.45) is 0 Å². The molecule has 116 valence electrons. The third kappa shape index (κ3) is 2.17. The van der Waals surface area contributed by atoms with E-state index in [-0.39, 0.29) is 11.8 Å². The molecule has 0 saturated carbocycles. The topological polar surface area (TPSA) is 72.2 Å². The molecule has 0 spiro atoms. The largest absolute Gasteiger partial charge is 0.309 e. The van der Waals surface area contributed by atoms with E-state index in [0.29, 0.717) is 17.3 Å². The summed E-state index contributed by atoms with van der Waals surface area (Å²) in [5.74, 6) is 0.300. The highest BCUT2D eigenvalue weighted by molar-refractivity contribution is 6.31. The van der Waals surface area contributed by atoms with Crippen LogP contribution in [0.5, 0.6) is 0 Å². The van der Waals surface area contributed by atoms with Gasteiger partial charge in [0.15, 0.2) is 11.5 Å². The van der Waals surface area contributed by atoms with E-state index in [1.807, 2.05) is 26.0 Å². The minimum Gasteiger partial charge on any atom is -0.309 e.